The lowest BCUT2D eigenvalue weighted by molar-refractivity contribution is 0.225. The average molecular weight is 222 g/mol. The normalized spacial score (nSPS) is 10.6. The molecule has 0 bridgehead atoms. The number of benzene rings is 1. The first-order valence-corrected chi connectivity index (χ1v) is 5.47. The van der Waals surface area contributed by atoms with Crippen molar-refractivity contribution >= 4 is 0 Å². The van der Waals surface area contributed by atoms with E-state index < -0.39 is 0 Å². The second-order valence-corrected chi connectivity index (χ2v) is 3.39. The number of phenols is 1. The first kappa shape index (κ1) is 12.4. The summed E-state index contributed by atoms with van der Waals surface area (Å²) in [5.41, 5.74) is 0. The van der Waals surface area contributed by atoms with E-state index in [1.54, 1.807) is 30.5 Å². The largest absolute Gasteiger partial charge is 0.508 e. The van der Waals surface area contributed by atoms with Gasteiger partial charge in [-0.15, -0.1) is 0 Å². The Kier molecular flexibility index (Phi) is 5.92. The molecule has 0 atom stereocenters. The van der Waals surface area contributed by atoms with Crippen molar-refractivity contribution in [3.05, 3.63) is 36.6 Å². The molecule has 16 heavy (non-hydrogen) atoms. The molecule has 0 aromatic heterocycles. The Morgan fingerprint density at radius 1 is 1.12 bits per heavy atom. The Hall–Kier alpha value is -1.64. The van der Waals surface area contributed by atoms with Crippen LogP contribution in [0.15, 0.2) is 36.6 Å². The van der Waals surface area contributed by atoms with Crippen LogP contribution in [0, 0.1) is 0 Å². The lowest BCUT2D eigenvalue weighted by Crippen LogP contribution is -1.99. The minimum atomic E-state index is 0.257. The van der Waals surface area contributed by atoms with Gasteiger partial charge < -0.3 is 14.6 Å². The molecule has 0 aliphatic rings. The first-order chi connectivity index (χ1) is 7.83. The number of aromatic hydroxyl groups is 1. The molecule has 1 rings (SSSR count). The van der Waals surface area contributed by atoms with Crippen molar-refractivity contribution in [3.8, 4) is 11.5 Å². The average Bonchev–Trinajstić information content (AvgIpc) is 2.30. The van der Waals surface area contributed by atoms with Crippen molar-refractivity contribution in [2.75, 3.05) is 13.2 Å². The zero-order valence-electron chi connectivity index (χ0n) is 9.56. The zero-order valence-corrected chi connectivity index (χ0v) is 9.56. The summed E-state index contributed by atoms with van der Waals surface area (Å²) in [6.45, 7) is 3.32. The van der Waals surface area contributed by atoms with Gasteiger partial charge in [0.1, 0.15) is 11.5 Å². The molecule has 0 amide bonds. The Bertz CT molecular complexity index is 303. The molecule has 0 saturated heterocycles. The molecule has 88 valence electrons. The van der Waals surface area contributed by atoms with Crippen LogP contribution in [0.2, 0.25) is 0 Å². The van der Waals surface area contributed by atoms with Crippen molar-refractivity contribution < 1.29 is 14.6 Å². The lowest BCUT2D eigenvalue weighted by atomic mass is 10.3. The number of phenolic OH excluding ortho intramolecular Hbond substituents is 1. The molecule has 0 radical (unpaired) electrons. The van der Waals surface area contributed by atoms with Crippen molar-refractivity contribution in [1.82, 2.24) is 0 Å². The SMILES string of the molecule is CC=COCCCCOc1ccc(O)cc1. The van der Waals surface area contributed by atoms with E-state index in [2.05, 4.69) is 0 Å². The quantitative estimate of drug-likeness (QED) is 0.569. The smallest absolute Gasteiger partial charge is 0.119 e. The maximum absolute atomic E-state index is 9.07. The molecule has 1 N–H and O–H groups in total. The van der Waals surface area contributed by atoms with Crippen LogP contribution in [-0.2, 0) is 4.74 Å². The fourth-order valence-electron chi connectivity index (χ4n) is 1.18. The van der Waals surface area contributed by atoms with Crippen LogP contribution in [0.3, 0.4) is 0 Å². The van der Waals surface area contributed by atoms with E-state index in [4.69, 9.17) is 14.6 Å². The van der Waals surface area contributed by atoms with E-state index in [1.807, 2.05) is 13.0 Å². The molecular weight excluding hydrogens is 204 g/mol. The second kappa shape index (κ2) is 7.63. The summed E-state index contributed by atoms with van der Waals surface area (Å²) < 4.78 is 10.7. The molecule has 0 heterocycles. The van der Waals surface area contributed by atoms with Gasteiger partial charge in [-0.3, -0.25) is 0 Å². The van der Waals surface area contributed by atoms with E-state index >= 15 is 0 Å². The van der Waals surface area contributed by atoms with E-state index in [-0.39, 0.29) is 5.75 Å². The van der Waals surface area contributed by atoms with Crippen LogP contribution in [0.1, 0.15) is 19.8 Å². The van der Waals surface area contributed by atoms with Crippen molar-refractivity contribution in [3.63, 3.8) is 0 Å². The van der Waals surface area contributed by atoms with Gasteiger partial charge in [-0.2, -0.15) is 0 Å². The standard InChI is InChI=1S/C13H18O3/c1-2-9-15-10-3-4-11-16-13-7-5-12(14)6-8-13/h2,5-9,14H,3-4,10-11H2,1H3. The Morgan fingerprint density at radius 2 is 1.81 bits per heavy atom. The van der Waals surface area contributed by atoms with Crippen LogP contribution in [0.5, 0.6) is 11.5 Å². The van der Waals surface area contributed by atoms with E-state index in [0.717, 1.165) is 25.2 Å². The third-order valence-corrected chi connectivity index (χ3v) is 1.99. The second-order valence-electron chi connectivity index (χ2n) is 3.39. The van der Waals surface area contributed by atoms with Crippen molar-refractivity contribution in [2.24, 2.45) is 0 Å². The first-order valence-electron chi connectivity index (χ1n) is 5.47. The van der Waals surface area contributed by atoms with Crippen LogP contribution < -0.4 is 4.74 Å². The minimum absolute atomic E-state index is 0.257. The molecule has 0 unspecified atom stereocenters. The molecule has 0 aliphatic carbocycles. The highest BCUT2D eigenvalue weighted by atomic mass is 16.5. The van der Waals surface area contributed by atoms with Gasteiger partial charge in [0, 0.05) is 0 Å². The fourth-order valence-corrected chi connectivity index (χ4v) is 1.18. The van der Waals surface area contributed by atoms with Crippen LogP contribution in [0.25, 0.3) is 0 Å². The molecule has 0 spiro atoms. The molecule has 0 aliphatic heterocycles. The zero-order chi connectivity index (χ0) is 11.6. The van der Waals surface area contributed by atoms with Crippen molar-refractivity contribution in [2.45, 2.75) is 19.8 Å². The molecule has 0 fully saturated rings. The van der Waals surface area contributed by atoms with Gasteiger partial charge in [0.2, 0.25) is 0 Å². The summed E-state index contributed by atoms with van der Waals surface area (Å²) in [6.07, 6.45) is 5.49. The number of unbranched alkanes of at least 4 members (excludes halogenated alkanes) is 1. The van der Waals surface area contributed by atoms with Crippen LogP contribution in [0.4, 0.5) is 0 Å². The summed E-state index contributed by atoms with van der Waals surface area (Å²) in [5.74, 6) is 1.04. The Morgan fingerprint density at radius 3 is 2.50 bits per heavy atom. The number of hydrogen-bond donors (Lipinski definition) is 1. The number of allylic oxidation sites excluding steroid dienone is 1. The predicted octanol–water partition coefficient (Wildman–Crippen LogP) is 3.10. The maximum Gasteiger partial charge on any atom is 0.119 e. The predicted molar refractivity (Wildman–Crippen MR) is 63.6 cm³/mol. The highest BCUT2D eigenvalue weighted by molar-refractivity contribution is 5.29. The molecule has 1 aromatic rings. The van der Waals surface area contributed by atoms with Gasteiger partial charge >= 0.3 is 0 Å². The monoisotopic (exact) mass is 222 g/mol. The highest BCUT2D eigenvalue weighted by Crippen LogP contribution is 2.15. The number of rotatable bonds is 7. The maximum atomic E-state index is 9.07. The number of hydrogen-bond acceptors (Lipinski definition) is 3. The van der Waals surface area contributed by atoms with Gasteiger partial charge in [0.05, 0.1) is 19.5 Å². The van der Waals surface area contributed by atoms with Gasteiger partial charge in [-0.05, 0) is 44.0 Å². The molecule has 0 saturated carbocycles. The lowest BCUT2D eigenvalue weighted by Gasteiger charge is -2.05. The summed E-state index contributed by atoms with van der Waals surface area (Å²) in [7, 11) is 0. The van der Waals surface area contributed by atoms with Crippen molar-refractivity contribution in [1.29, 1.82) is 0 Å². The van der Waals surface area contributed by atoms with Gasteiger partial charge in [-0.25, -0.2) is 0 Å². The Balaban J connectivity index is 2.05. The number of ether oxygens (including phenoxy) is 2. The molecule has 3 heteroatoms. The van der Waals surface area contributed by atoms with E-state index in [0.29, 0.717) is 6.61 Å². The summed E-state index contributed by atoms with van der Waals surface area (Å²) in [4.78, 5) is 0. The van der Waals surface area contributed by atoms with Crippen LogP contribution in [-0.4, -0.2) is 18.3 Å². The van der Waals surface area contributed by atoms with Gasteiger partial charge in [0.15, 0.2) is 0 Å². The topological polar surface area (TPSA) is 38.7 Å². The molecule has 3 nitrogen and oxygen atoms in total. The van der Waals surface area contributed by atoms with Crippen LogP contribution >= 0.6 is 0 Å². The fraction of sp³-hybridized carbons (Fsp3) is 0.385. The minimum Gasteiger partial charge on any atom is -0.508 e. The van der Waals surface area contributed by atoms with E-state index in [9.17, 15) is 0 Å². The summed E-state index contributed by atoms with van der Waals surface area (Å²) in [6, 6.07) is 6.74. The van der Waals surface area contributed by atoms with Gasteiger partial charge in [0.25, 0.3) is 0 Å². The van der Waals surface area contributed by atoms with Gasteiger partial charge in [-0.1, -0.05) is 6.08 Å². The summed E-state index contributed by atoms with van der Waals surface area (Å²) >= 11 is 0. The molecule has 1 aromatic carbocycles. The molecular formula is C13H18O3. The third kappa shape index (κ3) is 5.29. The Labute approximate surface area is 96.3 Å². The highest BCUT2D eigenvalue weighted by Gasteiger charge is 1.94. The summed E-state index contributed by atoms with van der Waals surface area (Å²) in [5, 5.41) is 9.07. The van der Waals surface area contributed by atoms with E-state index in [1.165, 1.54) is 0 Å². The third-order valence-electron chi connectivity index (χ3n) is 1.99.